The molecule has 5 rings (SSSR count). The number of aliphatic hydroxyl groups is 1. The molecule has 0 bridgehead atoms. The van der Waals surface area contributed by atoms with E-state index in [1.54, 1.807) is 28.5 Å². The van der Waals surface area contributed by atoms with Gasteiger partial charge < -0.3 is 14.8 Å². The summed E-state index contributed by atoms with van der Waals surface area (Å²) in [5, 5.41) is 29.6. The van der Waals surface area contributed by atoms with Gasteiger partial charge in [0.15, 0.2) is 0 Å². The van der Waals surface area contributed by atoms with Gasteiger partial charge in [-0.05, 0) is 38.7 Å². The van der Waals surface area contributed by atoms with Gasteiger partial charge in [-0.2, -0.15) is 18.3 Å². The molecule has 1 saturated carbocycles. The smallest absolute Gasteiger partial charge is 0.391 e. The Bertz CT molecular complexity index is 1340. The van der Waals surface area contributed by atoms with Crippen LogP contribution in [0.5, 0.6) is 0 Å². The highest BCUT2D eigenvalue weighted by molar-refractivity contribution is 5.81. The van der Waals surface area contributed by atoms with E-state index in [1.165, 1.54) is 6.92 Å². The molecule has 0 unspecified atom stereocenters. The van der Waals surface area contributed by atoms with Crippen molar-refractivity contribution in [1.29, 1.82) is 0 Å². The van der Waals surface area contributed by atoms with Crippen LogP contribution < -0.4 is 5.32 Å². The van der Waals surface area contributed by atoms with Gasteiger partial charge in [0.2, 0.25) is 17.7 Å². The van der Waals surface area contributed by atoms with Gasteiger partial charge in [0.25, 0.3) is 0 Å². The Kier molecular flexibility index (Phi) is 6.41. The van der Waals surface area contributed by atoms with Crippen molar-refractivity contribution < 1.29 is 22.7 Å². The van der Waals surface area contributed by atoms with E-state index in [4.69, 9.17) is 4.42 Å². The summed E-state index contributed by atoms with van der Waals surface area (Å²) in [5.74, 6) is 1.20. The molecular formula is C23H27F3N8O2. The maximum absolute atomic E-state index is 12.8. The Morgan fingerprint density at radius 2 is 1.97 bits per heavy atom. The Labute approximate surface area is 204 Å². The average Bonchev–Trinajstić information content (AvgIpc) is 3.52. The molecule has 13 heteroatoms. The molecule has 1 fully saturated rings. The fourth-order valence-corrected chi connectivity index (χ4v) is 4.72. The summed E-state index contributed by atoms with van der Waals surface area (Å²) in [7, 11) is 0. The molecule has 10 nitrogen and oxygen atoms in total. The van der Waals surface area contributed by atoms with E-state index < -0.39 is 18.6 Å². The van der Waals surface area contributed by atoms with E-state index in [2.05, 4.69) is 30.7 Å². The van der Waals surface area contributed by atoms with Crippen molar-refractivity contribution in [1.82, 2.24) is 34.6 Å². The molecule has 0 radical (unpaired) electrons. The maximum Gasteiger partial charge on any atom is 0.391 e. The molecule has 0 amide bonds. The third-order valence-electron chi connectivity index (χ3n) is 6.38. The molecule has 4 heterocycles. The lowest BCUT2D eigenvalue weighted by Gasteiger charge is -2.25. The van der Waals surface area contributed by atoms with Crippen LogP contribution in [0.1, 0.15) is 62.4 Å². The van der Waals surface area contributed by atoms with Crippen molar-refractivity contribution in [2.24, 2.45) is 0 Å². The molecule has 1 atom stereocenters. The fraction of sp³-hybridized carbons (Fsp3) is 0.522. The number of aryl methyl sites for hydroxylation is 1. The van der Waals surface area contributed by atoms with E-state index in [1.807, 2.05) is 12.3 Å². The maximum atomic E-state index is 12.8. The van der Waals surface area contributed by atoms with Crippen molar-refractivity contribution in [3.63, 3.8) is 0 Å². The number of nitrogens with zero attached hydrogens (tertiary/aromatic N) is 7. The number of aromatic nitrogens is 7. The summed E-state index contributed by atoms with van der Waals surface area (Å²) in [6.07, 6.45) is 2.58. The van der Waals surface area contributed by atoms with Crippen molar-refractivity contribution in [2.75, 3.05) is 5.32 Å². The van der Waals surface area contributed by atoms with E-state index in [9.17, 15) is 18.3 Å². The van der Waals surface area contributed by atoms with Crippen LogP contribution in [-0.2, 0) is 6.54 Å². The van der Waals surface area contributed by atoms with E-state index in [0.717, 1.165) is 35.2 Å². The third-order valence-corrected chi connectivity index (χ3v) is 6.38. The van der Waals surface area contributed by atoms with Crippen LogP contribution in [0.25, 0.3) is 16.6 Å². The quantitative estimate of drug-likeness (QED) is 0.386. The number of aliphatic hydroxyl groups excluding tert-OH is 1. The first-order valence-electron chi connectivity index (χ1n) is 11.9. The van der Waals surface area contributed by atoms with Crippen molar-refractivity contribution >= 4 is 11.5 Å². The lowest BCUT2D eigenvalue weighted by atomic mass is 9.85. The standard InChI is InChI=1S/C23H27F3N8O2/c1-13(8-23(24,25)26)29-22-27-10-20-18(7-19(34(20)32-22)15-3-5-17(35)6-4-15)16-9-28-33(11-16)12-21-31-30-14(2)36-21/h7,9-11,13,15,17,35H,3-6,8,12H2,1-2H3,(H,29,32)/t13-,15-,17-/m0/s1. The minimum Gasteiger partial charge on any atom is -0.424 e. The predicted molar refractivity (Wildman–Crippen MR) is 123 cm³/mol. The summed E-state index contributed by atoms with van der Waals surface area (Å²) in [4.78, 5) is 4.30. The molecule has 192 valence electrons. The topological polar surface area (TPSA) is 119 Å². The number of halogens is 3. The zero-order chi connectivity index (χ0) is 25.4. The van der Waals surface area contributed by atoms with Crippen LogP contribution in [0.3, 0.4) is 0 Å². The number of hydrogen-bond donors (Lipinski definition) is 2. The number of rotatable bonds is 7. The number of anilines is 1. The summed E-state index contributed by atoms with van der Waals surface area (Å²) in [6, 6.07) is 1.16. The van der Waals surface area contributed by atoms with Gasteiger partial charge in [-0.1, -0.05) is 0 Å². The molecule has 2 N–H and O–H groups in total. The zero-order valence-corrected chi connectivity index (χ0v) is 19.9. The second kappa shape index (κ2) is 9.52. The zero-order valence-electron chi connectivity index (χ0n) is 19.9. The molecule has 4 aromatic heterocycles. The van der Waals surface area contributed by atoms with Crippen LogP contribution >= 0.6 is 0 Å². The SMILES string of the molecule is Cc1nnc(Cn2cc(-c3cc([C@H]4CC[C@H](O)CC4)n4nc(N[C@@H](C)CC(F)(F)F)ncc34)cn2)o1. The van der Waals surface area contributed by atoms with Gasteiger partial charge in [-0.25, -0.2) is 9.50 Å². The van der Waals surface area contributed by atoms with E-state index in [0.29, 0.717) is 31.2 Å². The largest absolute Gasteiger partial charge is 0.424 e. The lowest BCUT2D eigenvalue weighted by molar-refractivity contribution is -0.136. The Morgan fingerprint density at radius 3 is 2.67 bits per heavy atom. The van der Waals surface area contributed by atoms with Crippen LogP contribution in [0.15, 0.2) is 29.1 Å². The minimum absolute atomic E-state index is 0.126. The highest BCUT2D eigenvalue weighted by Gasteiger charge is 2.31. The number of hydrogen-bond acceptors (Lipinski definition) is 8. The molecule has 0 spiro atoms. The Hall–Kier alpha value is -3.48. The second-order valence-corrected chi connectivity index (χ2v) is 9.37. The molecular weight excluding hydrogens is 477 g/mol. The predicted octanol–water partition coefficient (Wildman–Crippen LogP) is 4.10. The normalized spacial score (nSPS) is 19.6. The average molecular weight is 505 g/mol. The van der Waals surface area contributed by atoms with Crippen molar-refractivity contribution in [3.05, 3.63) is 42.1 Å². The molecule has 4 aromatic rings. The number of alkyl halides is 3. The summed E-state index contributed by atoms with van der Waals surface area (Å²) in [5.41, 5.74) is 3.35. The van der Waals surface area contributed by atoms with E-state index in [-0.39, 0.29) is 18.0 Å². The molecule has 36 heavy (non-hydrogen) atoms. The summed E-state index contributed by atoms with van der Waals surface area (Å²) >= 11 is 0. The van der Waals surface area contributed by atoms with Crippen molar-refractivity contribution in [2.45, 2.75) is 76.7 Å². The second-order valence-electron chi connectivity index (χ2n) is 9.37. The Balaban J connectivity index is 1.48. The van der Waals surface area contributed by atoms with Gasteiger partial charge in [-0.15, -0.1) is 15.3 Å². The first-order valence-corrected chi connectivity index (χ1v) is 11.9. The summed E-state index contributed by atoms with van der Waals surface area (Å²) < 4.78 is 47.3. The Morgan fingerprint density at radius 1 is 1.19 bits per heavy atom. The summed E-state index contributed by atoms with van der Waals surface area (Å²) in [6.45, 7) is 3.49. The van der Waals surface area contributed by atoms with Gasteiger partial charge in [-0.3, -0.25) is 4.68 Å². The van der Waals surface area contributed by atoms with Crippen LogP contribution in [0, 0.1) is 6.92 Å². The number of fused-ring (bicyclic) bond motifs is 1. The molecule has 1 aliphatic rings. The minimum atomic E-state index is -4.29. The van der Waals surface area contributed by atoms with Gasteiger partial charge in [0.1, 0.15) is 6.54 Å². The van der Waals surface area contributed by atoms with Crippen LogP contribution in [0.4, 0.5) is 19.1 Å². The first kappa shape index (κ1) is 24.2. The highest BCUT2D eigenvalue weighted by Crippen LogP contribution is 2.37. The lowest BCUT2D eigenvalue weighted by Crippen LogP contribution is -2.25. The molecule has 0 aromatic carbocycles. The molecule has 1 aliphatic carbocycles. The monoisotopic (exact) mass is 504 g/mol. The van der Waals surface area contributed by atoms with Gasteiger partial charge in [0, 0.05) is 41.9 Å². The number of nitrogens with one attached hydrogen (secondary N) is 1. The van der Waals surface area contributed by atoms with Gasteiger partial charge in [0.05, 0.1) is 30.4 Å². The van der Waals surface area contributed by atoms with Gasteiger partial charge >= 0.3 is 6.18 Å². The van der Waals surface area contributed by atoms with E-state index >= 15 is 0 Å². The van der Waals surface area contributed by atoms with Crippen LogP contribution in [0.2, 0.25) is 0 Å². The highest BCUT2D eigenvalue weighted by atomic mass is 19.4. The molecule has 0 saturated heterocycles. The first-order chi connectivity index (χ1) is 17.1. The van der Waals surface area contributed by atoms with Crippen LogP contribution in [-0.4, -0.2) is 58.0 Å². The fourth-order valence-electron chi connectivity index (χ4n) is 4.72. The van der Waals surface area contributed by atoms with Crippen molar-refractivity contribution in [3.8, 4) is 11.1 Å². The molecule has 0 aliphatic heterocycles. The third kappa shape index (κ3) is 5.35.